The maximum absolute atomic E-state index is 5.92. The molecule has 0 amide bonds. The van der Waals surface area contributed by atoms with E-state index in [1.807, 2.05) is 49.5 Å². The van der Waals surface area contributed by atoms with Crippen LogP contribution in [-0.4, -0.2) is 58.1 Å². The van der Waals surface area contributed by atoms with Gasteiger partial charge in [0.2, 0.25) is 17.8 Å². The van der Waals surface area contributed by atoms with Gasteiger partial charge in [-0.2, -0.15) is 15.0 Å². The lowest BCUT2D eigenvalue weighted by molar-refractivity contribution is 0.244. The van der Waals surface area contributed by atoms with E-state index in [0.29, 0.717) is 24.2 Å². The van der Waals surface area contributed by atoms with E-state index in [1.165, 1.54) is 0 Å². The molecule has 1 aliphatic heterocycles. The number of nitrogens with two attached hydrogens (primary N) is 1. The number of nitrogens with one attached hydrogen (secondary N) is 1. The fourth-order valence-corrected chi connectivity index (χ4v) is 3.46. The van der Waals surface area contributed by atoms with Crippen LogP contribution >= 0.6 is 0 Å². The van der Waals surface area contributed by atoms with Gasteiger partial charge in [-0.3, -0.25) is 4.90 Å². The Morgan fingerprint density at radius 2 is 1.90 bits per heavy atom. The van der Waals surface area contributed by atoms with Gasteiger partial charge in [0.1, 0.15) is 5.82 Å². The standard InChI is InChI=1S/C21H26N8O/c1-15-4-3-5-16(12-15)24-21-26-18(25-20(22)27-21)14-28-8-10-29(11-9-28)17-6-7-19(30-2)23-13-17/h3-7,12-13H,8-11,14H2,1-2H3,(H3,22,24,25,26,27). The Balaban J connectivity index is 1.37. The van der Waals surface area contributed by atoms with Crippen molar-refractivity contribution in [3.63, 3.8) is 0 Å². The normalized spacial score (nSPS) is 14.5. The van der Waals surface area contributed by atoms with E-state index >= 15 is 0 Å². The van der Waals surface area contributed by atoms with Crippen molar-refractivity contribution in [1.82, 2.24) is 24.8 Å². The van der Waals surface area contributed by atoms with E-state index in [4.69, 9.17) is 10.5 Å². The molecule has 0 unspecified atom stereocenters. The van der Waals surface area contributed by atoms with Gasteiger partial charge in [0.25, 0.3) is 0 Å². The van der Waals surface area contributed by atoms with Crippen molar-refractivity contribution in [2.24, 2.45) is 0 Å². The van der Waals surface area contributed by atoms with Gasteiger partial charge in [0.15, 0.2) is 0 Å². The van der Waals surface area contributed by atoms with E-state index in [-0.39, 0.29) is 5.95 Å². The Kier molecular flexibility index (Phi) is 5.89. The van der Waals surface area contributed by atoms with Gasteiger partial charge in [-0.1, -0.05) is 12.1 Å². The van der Waals surface area contributed by atoms with E-state index in [9.17, 15) is 0 Å². The van der Waals surface area contributed by atoms with Crippen LogP contribution in [0.15, 0.2) is 42.6 Å². The zero-order valence-electron chi connectivity index (χ0n) is 17.2. The number of nitrogen functional groups attached to an aromatic ring is 1. The summed E-state index contributed by atoms with van der Waals surface area (Å²) in [4.78, 5) is 22.0. The van der Waals surface area contributed by atoms with E-state index in [2.05, 4.69) is 35.1 Å². The molecule has 0 atom stereocenters. The average molecular weight is 406 g/mol. The molecule has 3 aromatic rings. The fourth-order valence-electron chi connectivity index (χ4n) is 3.46. The van der Waals surface area contributed by atoms with Gasteiger partial charge in [-0.25, -0.2) is 4.98 Å². The number of anilines is 4. The van der Waals surface area contributed by atoms with Gasteiger partial charge in [-0.05, 0) is 30.7 Å². The molecule has 0 radical (unpaired) electrons. The predicted octanol–water partition coefficient (Wildman–Crippen LogP) is 2.23. The third-order valence-corrected chi connectivity index (χ3v) is 5.01. The number of methoxy groups -OCH3 is 1. The van der Waals surface area contributed by atoms with Crippen LogP contribution in [0, 0.1) is 6.92 Å². The minimum atomic E-state index is 0.220. The highest BCUT2D eigenvalue weighted by atomic mass is 16.5. The molecule has 1 fully saturated rings. The number of piperazine rings is 1. The Labute approximate surface area is 175 Å². The van der Waals surface area contributed by atoms with Crippen molar-refractivity contribution in [2.45, 2.75) is 13.5 Å². The molecule has 3 heterocycles. The SMILES string of the molecule is COc1ccc(N2CCN(Cc3nc(N)nc(Nc4cccc(C)c4)n3)CC2)cn1. The van der Waals surface area contributed by atoms with Crippen LogP contribution in [0.3, 0.4) is 0 Å². The second-order valence-electron chi connectivity index (χ2n) is 7.25. The van der Waals surface area contributed by atoms with Gasteiger partial charge in [0.05, 0.1) is 25.5 Å². The summed E-state index contributed by atoms with van der Waals surface area (Å²) in [5, 5.41) is 3.21. The molecule has 0 saturated carbocycles. The first-order chi connectivity index (χ1) is 14.6. The minimum Gasteiger partial charge on any atom is -0.481 e. The monoisotopic (exact) mass is 406 g/mol. The second kappa shape index (κ2) is 8.91. The van der Waals surface area contributed by atoms with Gasteiger partial charge in [-0.15, -0.1) is 0 Å². The molecular weight excluding hydrogens is 380 g/mol. The summed E-state index contributed by atoms with van der Waals surface area (Å²) >= 11 is 0. The fraction of sp³-hybridized carbons (Fsp3) is 0.333. The van der Waals surface area contributed by atoms with Crippen LogP contribution < -0.4 is 20.7 Å². The number of nitrogens with zero attached hydrogens (tertiary/aromatic N) is 6. The molecule has 1 saturated heterocycles. The summed E-state index contributed by atoms with van der Waals surface area (Å²) in [5.74, 6) is 1.97. The van der Waals surface area contributed by atoms with Crippen molar-refractivity contribution in [1.29, 1.82) is 0 Å². The number of hydrogen-bond acceptors (Lipinski definition) is 9. The zero-order valence-corrected chi connectivity index (χ0v) is 17.2. The van der Waals surface area contributed by atoms with Crippen molar-refractivity contribution in [2.75, 3.05) is 49.2 Å². The summed E-state index contributed by atoms with van der Waals surface area (Å²) in [7, 11) is 1.62. The quantitative estimate of drug-likeness (QED) is 0.637. The molecule has 9 nitrogen and oxygen atoms in total. The van der Waals surface area contributed by atoms with Crippen LogP contribution in [0.5, 0.6) is 5.88 Å². The molecule has 156 valence electrons. The molecule has 0 bridgehead atoms. The Morgan fingerprint density at radius 1 is 1.07 bits per heavy atom. The lowest BCUT2D eigenvalue weighted by Crippen LogP contribution is -2.46. The molecule has 0 spiro atoms. The minimum absolute atomic E-state index is 0.220. The van der Waals surface area contributed by atoms with Crippen LogP contribution in [0.25, 0.3) is 0 Å². The van der Waals surface area contributed by atoms with Gasteiger partial charge < -0.3 is 20.7 Å². The first kappa shape index (κ1) is 19.8. The Morgan fingerprint density at radius 3 is 2.60 bits per heavy atom. The van der Waals surface area contributed by atoms with Crippen LogP contribution in [-0.2, 0) is 6.54 Å². The number of pyridine rings is 1. The summed E-state index contributed by atoms with van der Waals surface area (Å²) in [5.41, 5.74) is 9.11. The number of ether oxygens (including phenoxy) is 1. The maximum atomic E-state index is 5.92. The summed E-state index contributed by atoms with van der Waals surface area (Å²) in [6, 6.07) is 12.0. The molecule has 30 heavy (non-hydrogen) atoms. The zero-order chi connectivity index (χ0) is 20.9. The number of rotatable bonds is 6. The number of aromatic nitrogens is 4. The molecule has 4 rings (SSSR count). The summed E-state index contributed by atoms with van der Waals surface area (Å²) in [6.07, 6.45) is 1.85. The molecular formula is C21H26N8O. The lowest BCUT2D eigenvalue weighted by atomic mass is 10.2. The number of aryl methyl sites for hydroxylation is 1. The van der Waals surface area contributed by atoms with Crippen LogP contribution in [0.2, 0.25) is 0 Å². The smallest absolute Gasteiger partial charge is 0.232 e. The molecule has 9 heteroatoms. The number of benzene rings is 1. The van der Waals surface area contributed by atoms with Crippen molar-refractivity contribution in [3.05, 3.63) is 54.0 Å². The van der Waals surface area contributed by atoms with Gasteiger partial charge in [0, 0.05) is 37.9 Å². The highest BCUT2D eigenvalue weighted by Crippen LogP contribution is 2.19. The summed E-state index contributed by atoms with van der Waals surface area (Å²) < 4.78 is 5.13. The molecule has 2 aromatic heterocycles. The van der Waals surface area contributed by atoms with E-state index < -0.39 is 0 Å². The predicted molar refractivity (Wildman–Crippen MR) is 117 cm³/mol. The third-order valence-electron chi connectivity index (χ3n) is 5.01. The van der Waals surface area contributed by atoms with Crippen molar-refractivity contribution in [3.8, 4) is 5.88 Å². The van der Waals surface area contributed by atoms with Crippen LogP contribution in [0.1, 0.15) is 11.4 Å². The third kappa shape index (κ3) is 4.93. The molecule has 0 aliphatic carbocycles. The highest BCUT2D eigenvalue weighted by Gasteiger charge is 2.19. The van der Waals surface area contributed by atoms with E-state index in [0.717, 1.165) is 43.1 Å². The first-order valence-corrected chi connectivity index (χ1v) is 9.90. The average Bonchev–Trinajstić information content (AvgIpc) is 2.74. The van der Waals surface area contributed by atoms with Crippen molar-refractivity contribution < 1.29 is 4.74 Å². The number of hydrogen-bond donors (Lipinski definition) is 2. The summed E-state index contributed by atoms with van der Waals surface area (Å²) in [6.45, 7) is 6.28. The van der Waals surface area contributed by atoms with Gasteiger partial charge >= 0.3 is 0 Å². The lowest BCUT2D eigenvalue weighted by Gasteiger charge is -2.35. The largest absolute Gasteiger partial charge is 0.481 e. The first-order valence-electron chi connectivity index (χ1n) is 9.90. The molecule has 1 aliphatic rings. The van der Waals surface area contributed by atoms with Crippen LogP contribution in [0.4, 0.5) is 23.3 Å². The topological polar surface area (TPSA) is 105 Å². The van der Waals surface area contributed by atoms with E-state index in [1.54, 1.807) is 7.11 Å². The Hall–Kier alpha value is -3.46. The maximum Gasteiger partial charge on any atom is 0.232 e. The second-order valence-corrected chi connectivity index (χ2v) is 7.25. The van der Waals surface area contributed by atoms with Crippen molar-refractivity contribution >= 4 is 23.3 Å². The highest BCUT2D eigenvalue weighted by molar-refractivity contribution is 5.54. The molecule has 3 N–H and O–H groups in total. The molecule has 1 aromatic carbocycles. The Bertz CT molecular complexity index is 987.